The van der Waals surface area contributed by atoms with Gasteiger partial charge in [-0.2, -0.15) is 0 Å². The van der Waals surface area contributed by atoms with Gasteiger partial charge in [-0.3, -0.25) is 18.8 Å². The third-order valence-electron chi connectivity index (χ3n) is 6.92. The Hall–Kier alpha value is -3.11. The van der Waals surface area contributed by atoms with E-state index in [9.17, 15) is 13.8 Å². The monoisotopic (exact) mass is 538 g/mol. The van der Waals surface area contributed by atoms with Crippen molar-refractivity contribution in [3.05, 3.63) is 65.2 Å². The van der Waals surface area contributed by atoms with Gasteiger partial charge in [-0.15, -0.1) is 11.3 Å². The number of thiazole rings is 1. The Balaban J connectivity index is 1.34. The van der Waals surface area contributed by atoms with Crippen LogP contribution in [-0.4, -0.2) is 73.5 Å². The van der Waals surface area contributed by atoms with Gasteiger partial charge >= 0.3 is 0 Å². The number of nitrogens with zero attached hydrogens (tertiary/aromatic N) is 4. The maximum Gasteiger partial charge on any atom is 0.261 e. The van der Waals surface area contributed by atoms with E-state index in [1.807, 2.05) is 57.6 Å². The van der Waals surface area contributed by atoms with Gasteiger partial charge in [0.1, 0.15) is 10.8 Å². The van der Waals surface area contributed by atoms with E-state index >= 15 is 0 Å². The summed E-state index contributed by atoms with van der Waals surface area (Å²) < 4.78 is 17.5. The van der Waals surface area contributed by atoms with Crippen LogP contribution in [0.25, 0.3) is 11.3 Å². The summed E-state index contributed by atoms with van der Waals surface area (Å²) in [6.45, 7) is 1.35. The average Bonchev–Trinajstić information content (AvgIpc) is 3.33. The maximum absolute atomic E-state index is 13.4. The van der Waals surface area contributed by atoms with Gasteiger partial charge in [-0.25, -0.2) is 4.98 Å². The van der Waals surface area contributed by atoms with E-state index in [0.717, 1.165) is 16.3 Å². The van der Waals surface area contributed by atoms with Crippen LogP contribution < -0.4 is 4.74 Å². The first-order chi connectivity index (χ1) is 18.1. The second-order valence-electron chi connectivity index (χ2n) is 9.25. The highest BCUT2D eigenvalue weighted by atomic mass is 32.2. The van der Waals surface area contributed by atoms with E-state index in [0.29, 0.717) is 56.2 Å². The van der Waals surface area contributed by atoms with Gasteiger partial charge in [0.05, 0.1) is 11.7 Å². The molecule has 1 aromatic carbocycles. The van der Waals surface area contributed by atoms with Crippen molar-refractivity contribution in [3.63, 3.8) is 0 Å². The number of ether oxygens (including phenoxy) is 1. The summed E-state index contributed by atoms with van der Waals surface area (Å²) in [5.74, 6) is 1.72. The number of benzene rings is 1. The van der Waals surface area contributed by atoms with Crippen molar-refractivity contribution in [1.82, 2.24) is 19.8 Å². The molecule has 0 aliphatic carbocycles. The van der Waals surface area contributed by atoms with Gasteiger partial charge in [0.25, 0.3) is 5.91 Å². The Labute approximate surface area is 223 Å². The Bertz CT molecular complexity index is 1230. The smallest absolute Gasteiger partial charge is 0.261 e. The number of hydrogen-bond donors (Lipinski definition) is 0. The number of rotatable bonds is 6. The minimum Gasteiger partial charge on any atom is -0.484 e. The van der Waals surface area contributed by atoms with E-state index in [1.54, 1.807) is 12.4 Å². The number of hydrogen-bond acceptors (Lipinski definition) is 7. The number of para-hydroxylation sites is 1. The largest absolute Gasteiger partial charge is 0.484 e. The minimum atomic E-state index is -0.809. The van der Waals surface area contributed by atoms with Gasteiger partial charge in [-0.05, 0) is 43.5 Å². The molecule has 37 heavy (non-hydrogen) atoms. The molecule has 2 aliphatic heterocycles. The van der Waals surface area contributed by atoms with Crippen molar-refractivity contribution in [1.29, 1.82) is 0 Å². The van der Waals surface area contributed by atoms with Crippen LogP contribution in [0.3, 0.4) is 0 Å². The minimum absolute atomic E-state index is 0.0779. The molecule has 1 atom stereocenters. The van der Waals surface area contributed by atoms with E-state index < -0.39 is 10.8 Å². The lowest BCUT2D eigenvalue weighted by Crippen LogP contribution is -2.42. The maximum atomic E-state index is 13.4. The Morgan fingerprint density at radius 3 is 2.51 bits per heavy atom. The van der Waals surface area contributed by atoms with Crippen LogP contribution in [0.5, 0.6) is 5.75 Å². The molecule has 0 saturated carbocycles. The van der Waals surface area contributed by atoms with E-state index in [-0.39, 0.29) is 30.4 Å². The van der Waals surface area contributed by atoms with E-state index in [1.165, 1.54) is 11.3 Å². The lowest BCUT2D eigenvalue weighted by Gasteiger charge is -2.29. The third kappa shape index (κ3) is 6.24. The van der Waals surface area contributed by atoms with Gasteiger partial charge in [0.15, 0.2) is 6.61 Å². The highest BCUT2D eigenvalue weighted by Crippen LogP contribution is 2.33. The second-order valence-corrected chi connectivity index (χ2v) is 11.8. The van der Waals surface area contributed by atoms with Gasteiger partial charge in [-0.1, -0.05) is 18.2 Å². The van der Waals surface area contributed by atoms with Crippen molar-refractivity contribution < 1.29 is 18.5 Å². The molecule has 8 nitrogen and oxygen atoms in total. The zero-order valence-corrected chi connectivity index (χ0v) is 22.2. The summed E-state index contributed by atoms with van der Waals surface area (Å²) in [5.41, 5.74) is 1.82. The molecular weight excluding hydrogens is 508 g/mol. The number of carbonyl (C=O) groups excluding carboxylic acids is 2. The predicted molar refractivity (Wildman–Crippen MR) is 144 cm³/mol. The zero-order valence-electron chi connectivity index (χ0n) is 20.5. The number of amides is 2. The Kier molecular flexibility index (Phi) is 8.25. The fourth-order valence-corrected chi connectivity index (χ4v) is 7.12. The normalized spacial score (nSPS) is 22.3. The van der Waals surface area contributed by atoms with Crippen LogP contribution in [0.2, 0.25) is 0 Å². The number of aromatic nitrogens is 2. The Morgan fingerprint density at radius 1 is 1.00 bits per heavy atom. The first-order valence-corrected chi connectivity index (χ1v) is 14.9. The molecule has 2 aromatic heterocycles. The molecule has 10 heteroatoms. The summed E-state index contributed by atoms with van der Waals surface area (Å²) in [6.07, 6.45) is 5.41. The number of pyridine rings is 1. The molecule has 194 valence electrons. The molecule has 2 fully saturated rings. The molecule has 0 radical (unpaired) electrons. The van der Waals surface area contributed by atoms with Gasteiger partial charge in [0.2, 0.25) is 5.91 Å². The molecule has 3 aromatic rings. The number of carbonyl (C=O) groups is 2. The molecule has 2 amide bonds. The molecule has 4 heterocycles. The van der Waals surface area contributed by atoms with Crippen LogP contribution >= 0.6 is 11.3 Å². The van der Waals surface area contributed by atoms with Gasteiger partial charge < -0.3 is 14.5 Å². The Morgan fingerprint density at radius 2 is 1.76 bits per heavy atom. The van der Waals surface area contributed by atoms with E-state index in [4.69, 9.17) is 9.72 Å². The summed E-state index contributed by atoms with van der Waals surface area (Å²) in [4.78, 5) is 39.4. The average molecular weight is 539 g/mol. The lowest BCUT2D eigenvalue weighted by atomic mass is 10.0. The van der Waals surface area contributed by atoms with Gasteiger partial charge in [0, 0.05) is 71.2 Å². The molecular formula is C27H30N4O4S2. The lowest BCUT2D eigenvalue weighted by molar-refractivity contribution is -0.138. The van der Waals surface area contributed by atoms with Crippen molar-refractivity contribution >= 4 is 34.0 Å². The molecule has 1 unspecified atom stereocenters. The summed E-state index contributed by atoms with van der Waals surface area (Å²) in [6, 6.07) is 12.9. The standard InChI is InChI=1S/C27H30N4O4S2/c32-25(18-35-22-4-2-1-3-5-22)31-15-14-30(27(33)21-9-16-37(34)17-10-21)13-8-24(31)26-29-23(19-36-26)20-6-11-28-12-7-20/h1-7,11-12,19,21,24H,8-10,13-18H2. The van der Waals surface area contributed by atoms with E-state index in [2.05, 4.69) is 4.98 Å². The second kappa shape index (κ2) is 12.0. The predicted octanol–water partition coefficient (Wildman–Crippen LogP) is 3.54. The molecule has 2 aliphatic rings. The SMILES string of the molecule is O=C(C1CCS(=O)CC1)N1CCC(c2nc(-c3ccncc3)cs2)N(C(=O)COc2ccccc2)CC1. The fraction of sp³-hybridized carbons (Fsp3) is 0.407. The van der Waals surface area contributed by atoms with Crippen molar-refractivity contribution in [2.45, 2.75) is 25.3 Å². The zero-order chi connectivity index (χ0) is 25.6. The topological polar surface area (TPSA) is 92.7 Å². The molecule has 5 rings (SSSR count). The highest BCUT2D eigenvalue weighted by molar-refractivity contribution is 7.85. The molecule has 0 spiro atoms. The third-order valence-corrected chi connectivity index (χ3v) is 9.25. The van der Waals surface area contributed by atoms with Crippen molar-refractivity contribution in [3.8, 4) is 17.0 Å². The van der Waals surface area contributed by atoms with Crippen LogP contribution in [0.1, 0.15) is 30.3 Å². The van der Waals surface area contributed by atoms with Crippen LogP contribution in [0, 0.1) is 5.92 Å². The summed E-state index contributed by atoms with van der Waals surface area (Å²) in [7, 11) is -0.809. The van der Waals surface area contributed by atoms with Crippen LogP contribution in [-0.2, 0) is 20.4 Å². The first kappa shape index (κ1) is 25.5. The fourth-order valence-electron chi connectivity index (χ4n) is 4.85. The summed E-state index contributed by atoms with van der Waals surface area (Å²) >= 11 is 1.53. The van der Waals surface area contributed by atoms with Crippen molar-refractivity contribution in [2.75, 3.05) is 37.7 Å². The summed E-state index contributed by atoms with van der Waals surface area (Å²) in [5, 5.41) is 2.85. The molecule has 2 saturated heterocycles. The van der Waals surface area contributed by atoms with Crippen molar-refractivity contribution in [2.24, 2.45) is 5.92 Å². The first-order valence-electron chi connectivity index (χ1n) is 12.6. The van der Waals surface area contributed by atoms with Crippen LogP contribution in [0.4, 0.5) is 0 Å². The quantitative estimate of drug-likeness (QED) is 0.477. The van der Waals surface area contributed by atoms with Crippen LogP contribution in [0.15, 0.2) is 60.2 Å². The molecule has 0 bridgehead atoms. The highest BCUT2D eigenvalue weighted by Gasteiger charge is 2.35. The molecule has 0 N–H and O–H groups in total.